The lowest BCUT2D eigenvalue weighted by molar-refractivity contribution is 0.405. The summed E-state index contributed by atoms with van der Waals surface area (Å²) >= 11 is 9.72. The molecule has 3 aromatic rings. The molecule has 0 unspecified atom stereocenters. The Balaban J connectivity index is 1.80. The fourth-order valence-corrected chi connectivity index (χ4v) is 3.96. The second kappa shape index (κ2) is 7.75. The lowest BCUT2D eigenvalue weighted by Crippen LogP contribution is -2.19. The molecule has 3 aromatic carbocycles. The second-order valence-corrected chi connectivity index (χ2v) is 7.60. The number of methoxy groups -OCH3 is 1. The lowest BCUT2D eigenvalue weighted by Gasteiger charge is -2.26. The van der Waals surface area contributed by atoms with Crippen LogP contribution in [-0.2, 0) is 0 Å². The molecule has 0 radical (unpaired) electrons. The predicted octanol–water partition coefficient (Wildman–Crippen LogP) is 6.47. The van der Waals surface area contributed by atoms with E-state index >= 15 is 0 Å². The zero-order valence-electron chi connectivity index (χ0n) is 14.8. The maximum absolute atomic E-state index is 6.05. The Morgan fingerprint density at radius 1 is 1.00 bits per heavy atom. The number of hydrazone groups is 1. The van der Waals surface area contributed by atoms with Crippen molar-refractivity contribution < 1.29 is 4.74 Å². The Morgan fingerprint density at radius 2 is 1.70 bits per heavy atom. The van der Waals surface area contributed by atoms with E-state index in [1.807, 2.05) is 60.7 Å². The van der Waals surface area contributed by atoms with Gasteiger partial charge in [0.05, 0.1) is 24.6 Å². The first kappa shape index (κ1) is 18.1. The van der Waals surface area contributed by atoms with E-state index in [1.165, 1.54) is 0 Å². The fourth-order valence-electron chi connectivity index (χ4n) is 3.37. The molecule has 1 aliphatic rings. The molecule has 0 saturated carbocycles. The van der Waals surface area contributed by atoms with E-state index < -0.39 is 0 Å². The van der Waals surface area contributed by atoms with Gasteiger partial charge in [-0.25, -0.2) is 0 Å². The highest BCUT2D eigenvalue weighted by Crippen LogP contribution is 2.42. The Hall–Kier alpha value is -2.30. The first-order valence-corrected chi connectivity index (χ1v) is 9.84. The molecule has 1 atom stereocenters. The molecular formula is C22H18BrClN2O. The van der Waals surface area contributed by atoms with Gasteiger partial charge in [0.2, 0.25) is 0 Å². The van der Waals surface area contributed by atoms with Crippen molar-refractivity contribution in [1.29, 1.82) is 0 Å². The number of hydrogen-bond acceptors (Lipinski definition) is 3. The van der Waals surface area contributed by atoms with Crippen LogP contribution in [0, 0.1) is 0 Å². The zero-order valence-corrected chi connectivity index (χ0v) is 17.1. The third-order valence-corrected chi connectivity index (χ3v) is 5.61. The maximum atomic E-state index is 6.05. The molecule has 136 valence electrons. The summed E-state index contributed by atoms with van der Waals surface area (Å²) in [5.41, 5.74) is 4.24. The number of hydrogen-bond donors (Lipinski definition) is 0. The third kappa shape index (κ3) is 3.60. The molecule has 4 rings (SSSR count). The number of ether oxygens (including phenoxy) is 1. The van der Waals surface area contributed by atoms with Gasteiger partial charge >= 0.3 is 0 Å². The predicted molar refractivity (Wildman–Crippen MR) is 115 cm³/mol. The van der Waals surface area contributed by atoms with Crippen LogP contribution in [-0.4, -0.2) is 12.8 Å². The van der Waals surface area contributed by atoms with Crippen molar-refractivity contribution in [2.75, 3.05) is 12.1 Å². The largest absolute Gasteiger partial charge is 0.496 e. The zero-order chi connectivity index (χ0) is 18.8. The minimum atomic E-state index is 0.0468. The molecule has 1 heterocycles. The highest BCUT2D eigenvalue weighted by Gasteiger charge is 2.32. The molecule has 1 aliphatic heterocycles. The van der Waals surface area contributed by atoms with Crippen molar-refractivity contribution in [3.63, 3.8) is 0 Å². The van der Waals surface area contributed by atoms with Gasteiger partial charge in [-0.1, -0.05) is 54.1 Å². The number of rotatable bonds is 4. The van der Waals surface area contributed by atoms with Crippen LogP contribution < -0.4 is 9.75 Å². The van der Waals surface area contributed by atoms with Gasteiger partial charge in [0.1, 0.15) is 5.75 Å². The van der Waals surface area contributed by atoms with Gasteiger partial charge in [-0.3, -0.25) is 5.01 Å². The van der Waals surface area contributed by atoms with E-state index in [2.05, 4.69) is 33.1 Å². The van der Waals surface area contributed by atoms with Crippen molar-refractivity contribution in [2.45, 2.75) is 12.5 Å². The average Bonchev–Trinajstić information content (AvgIpc) is 3.13. The number of anilines is 1. The van der Waals surface area contributed by atoms with E-state index in [0.717, 1.165) is 44.2 Å². The number of halogens is 2. The van der Waals surface area contributed by atoms with Gasteiger partial charge < -0.3 is 4.74 Å². The second-order valence-electron chi connectivity index (χ2n) is 6.31. The highest BCUT2D eigenvalue weighted by molar-refractivity contribution is 9.10. The molecule has 0 bridgehead atoms. The fraction of sp³-hybridized carbons (Fsp3) is 0.136. The molecule has 0 aromatic heterocycles. The average molecular weight is 442 g/mol. The topological polar surface area (TPSA) is 24.8 Å². The van der Waals surface area contributed by atoms with Gasteiger partial charge in [-0.2, -0.15) is 5.10 Å². The minimum absolute atomic E-state index is 0.0468. The van der Waals surface area contributed by atoms with Crippen molar-refractivity contribution in [3.05, 3.63) is 93.4 Å². The van der Waals surface area contributed by atoms with E-state index in [4.69, 9.17) is 21.4 Å². The molecule has 0 aliphatic carbocycles. The number of benzene rings is 3. The highest BCUT2D eigenvalue weighted by atomic mass is 79.9. The summed E-state index contributed by atoms with van der Waals surface area (Å²) in [4.78, 5) is 0. The Kier molecular flexibility index (Phi) is 5.19. The summed E-state index contributed by atoms with van der Waals surface area (Å²) in [5, 5.41) is 7.77. The molecule has 3 nitrogen and oxygen atoms in total. The standard InChI is InChI=1S/C22H18BrClN2O/c1-27-22-9-5-2-6-17(22)21-14-19(15-10-12-16(24)13-11-15)25-26(21)20-8-4-3-7-18(20)23/h2-13,21H,14H2,1H3/t21-/m1/s1. The van der Waals surface area contributed by atoms with Gasteiger partial charge in [0.25, 0.3) is 0 Å². The van der Waals surface area contributed by atoms with E-state index in [-0.39, 0.29) is 6.04 Å². The van der Waals surface area contributed by atoms with Crippen LogP contribution in [0.3, 0.4) is 0 Å². The summed E-state index contributed by atoms with van der Waals surface area (Å²) in [6.45, 7) is 0. The molecule has 5 heteroatoms. The van der Waals surface area contributed by atoms with Crippen LogP contribution >= 0.6 is 27.5 Å². The summed E-state index contributed by atoms with van der Waals surface area (Å²) in [7, 11) is 1.71. The summed E-state index contributed by atoms with van der Waals surface area (Å²) < 4.78 is 6.63. The Bertz CT molecular complexity index is 988. The van der Waals surface area contributed by atoms with Crippen molar-refractivity contribution in [1.82, 2.24) is 0 Å². The normalized spacial score (nSPS) is 16.3. The molecule has 27 heavy (non-hydrogen) atoms. The van der Waals surface area contributed by atoms with Gasteiger partial charge in [-0.15, -0.1) is 0 Å². The SMILES string of the molecule is COc1ccccc1[C@H]1CC(c2ccc(Cl)cc2)=NN1c1ccccc1Br. The monoisotopic (exact) mass is 440 g/mol. The number of para-hydroxylation sites is 2. The van der Waals surface area contributed by atoms with Crippen LogP contribution in [0.5, 0.6) is 5.75 Å². The van der Waals surface area contributed by atoms with Crippen molar-refractivity contribution in [2.24, 2.45) is 5.10 Å². The van der Waals surface area contributed by atoms with E-state index in [0.29, 0.717) is 0 Å². The van der Waals surface area contributed by atoms with Gasteiger partial charge in [0, 0.05) is 21.5 Å². The minimum Gasteiger partial charge on any atom is -0.496 e. The number of nitrogens with zero attached hydrogens (tertiary/aromatic N) is 2. The maximum Gasteiger partial charge on any atom is 0.124 e. The molecular weight excluding hydrogens is 424 g/mol. The van der Waals surface area contributed by atoms with Crippen LogP contribution in [0.25, 0.3) is 0 Å². The van der Waals surface area contributed by atoms with E-state index in [9.17, 15) is 0 Å². The molecule has 0 N–H and O–H groups in total. The lowest BCUT2D eigenvalue weighted by atomic mass is 9.97. The Morgan fingerprint density at radius 3 is 2.44 bits per heavy atom. The Labute approximate surface area is 172 Å². The molecule has 0 spiro atoms. The van der Waals surface area contributed by atoms with Crippen LogP contribution in [0.1, 0.15) is 23.6 Å². The van der Waals surface area contributed by atoms with Crippen LogP contribution in [0.4, 0.5) is 5.69 Å². The summed E-state index contributed by atoms with van der Waals surface area (Å²) in [5.74, 6) is 0.868. The van der Waals surface area contributed by atoms with Crippen LogP contribution in [0.2, 0.25) is 5.02 Å². The quantitative estimate of drug-likeness (QED) is 0.464. The van der Waals surface area contributed by atoms with Crippen LogP contribution in [0.15, 0.2) is 82.4 Å². The third-order valence-electron chi connectivity index (χ3n) is 4.69. The summed E-state index contributed by atoms with van der Waals surface area (Å²) in [6, 6.07) is 24.1. The van der Waals surface area contributed by atoms with Crippen molar-refractivity contribution in [3.8, 4) is 5.75 Å². The molecule has 0 saturated heterocycles. The van der Waals surface area contributed by atoms with Gasteiger partial charge in [-0.05, 0) is 51.8 Å². The van der Waals surface area contributed by atoms with Gasteiger partial charge in [0.15, 0.2) is 0 Å². The first-order valence-electron chi connectivity index (χ1n) is 8.67. The first-order chi connectivity index (χ1) is 13.2. The molecule has 0 amide bonds. The van der Waals surface area contributed by atoms with E-state index in [1.54, 1.807) is 7.11 Å². The molecule has 0 fully saturated rings. The summed E-state index contributed by atoms with van der Waals surface area (Å²) in [6.07, 6.45) is 0.781. The van der Waals surface area contributed by atoms with Crippen molar-refractivity contribution >= 4 is 38.9 Å². The smallest absolute Gasteiger partial charge is 0.124 e.